The summed E-state index contributed by atoms with van der Waals surface area (Å²) in [4.78, 5) is 5.29. The van der Waals surface area contributed by atoms with Crippen LogP contribution in [0.2, 0.25) is 0 Å². The van der Waals surface area contributed by atoms with Gasteiger partial charge in [0.1, 0.15) is 0 Å². The molecule has 0 N–H and O–H groups in total. The fourth-order valence-corrected chi connectivity index (χ4v) is 12.1. The molecule has 5 aromatic carbocycles. The highest BCUT2D eigenvalue weighted by molar-refractivity contribution is 7.00. The molecule has 3 aliphatic heterocycles. The summed E-state index contributed by atoms with van der Waals surface area (Å²) < 4.78 is 0. The van der Waals surface area contributed by atoms with E-state index in [1.165, 1.54) is 93.7 Å². The third kappa shape index (κ3) is 3.36. The molecule has 3 heterocycles. The normalized spacial score (nSPS) is 26.5. The van der Waals surface area contributed by atoms with Gasteiger partial charge in [0.25, 0.3) is 6.71 Å². The standard InChI is InChI=1S/C45H43BN2/c1-4-28-10-7-11-34(25-28)47-40-16-9-17-41-43(40)46(37-19-18-31(27(2)3)26-42(37)47)38-14-8-13-36-44(38)48(41)39-15-6-5-12-35(39)45(36)32-21-29-20-30(23-32)24-33(45)22-29/h5-19,25-27,29-30,32-33H,4,20-24H2,1-3H3. The van der Waals surface area contributed by atoms with Gasteiger partial charge in [0.05, 0.1) is 5.69 Å². The van der Waals surface area contributed by atoms with Crippen LogP contribution in [0.25, 0.3) is 0 Å². The van der Waals surface area contributed by atoms with Crippen LogP contribution in [0.3, 0.4) is 0 Å². The number of benzene rings is 5. The Labute approximate surface area is 285 Å². The number of fused-ring (bicyclic) bond motifs is 6. The van der Waals surface area contributed by atoms with Gasteiger partial charge in [0, 0.05) is 33.9 Å². The van der Waals surface area contributed by atoms with Crippen molar-refractivity contribution in [1.29, 1.82) is 0 Å². The quantitative estimate of drug-likeness (QED) is 0.181. The first kappa shape index (κ1) is 27.7. The van der Waals surface area contributed by atoms with E-state index in [1.807, 2.05) is 0 Å². The molecule has 4 bridgehead atoms. The van der Waals surface area contributed by atoms with E-state index in [2.05, 4.69) is 134 Å². The van der Waals surface area contributed by atoms with Crippen LogP contribution in [0, 0.1) is 23.7 Å². The molecule has 0 aromatic heterocycles. The highest BCUT2D eigenvalue weighted by Crippen LogP contribution is 2.69. The Balaban J connectivity index is 1.22. The monoisotopic (exact) mass is 622 g/mol. The van der Waals surface area contributed by atoms with Crippen LogP contribution < -0.4 is 26.2 Å². The molecule has 4 fully saturated rings. The maximum Gasteiger partial charge on any atom is 0.252 e. The molecule has 0 saturated heterocycles. The number of anilines is 6. The summed E-state index contributed by atoms with van der Waals surface area (Å²) in [6.07, 6.45) is 8.13. The lowest BCUT2D eigenvalue weighted by atomic mass is 9.32. The summed E-state index contributed by atoms with van der Waals surface area (Å²) in [5, 5.41) is 0. The molecule has 0 radical (unpaired) electrons. The predicted molar refractivity (Wildman–Crippen MR) is 202 cm³/mol. The first-order valence-electron chi connectivity index (χ1n) is 18.7. The van der Waals surface area contributed by atoms with Crippen LogP contribution in [-0.4, -0.2) is 6.71 Å². The molecule has 0 atom stereocenters. The average Bonchev–Trinajstić information content (AvgIpc) is 3.11. The van der Waals surface area contributed by atoms with E-state index in [4.69, 9.17) is 0 Å². The fraction of sp³-hybridized carbons (Fsp3) is 0.333. The van der Waals surface area contributed by atoms with E-state index in [0.717, 1.165) is 30.1 Å². The van der Waals surface area contributed by atoms with Crippen LogP contribution in [0.4, 0.5) is 34.1 Å². The Kier molecular flexibility index (Phi) is 5.59. The van der Waals surface area contributed by atoms with E-state index < -0.39 is 0 Å². The molecule has 4 aliphatic carbocycles. The Hall–Kier alpha value is -4.24. The lowest BCUT2D eigenvalue weighted by Gasteiger charge is -2.64. The minimum atomic E-state index is 0.118. The Bertz CT molecular complexity index is 2130. The molecule has 7 aliphatic rings. The Morgan fingerprint density at radius 3 is 2.10 bits per heavy atom. The summed E-state index contributed by atoms with van der Waals surface area (Å²) in [5.74, 6) is 3.81. The smallest absolute Gasteiger partial charge is 0.252 e. The van der Waals surface area contributed by atoms with Crippen LogP contribution in [-0.2, 0) is 11.8 Å². The van der Waals surface area contributed by atoms with Crippen LogP contribution in [0.5, 0.6) is 0 Å². The van der Waals surface area contributed by atoms with E-state index >= 15 is 0 Å². The maximum absolute atomic E-state index is 2.71. The number of hydrogen-bond acceptors (Lipinski definition) is 2. The molecule has 5 aromatic rings. The highest BCUT2D eigenvalue weighted by atomic mass is 15.2. The van der Waals surface area contributed by atoms with E-state index in [1.54, 1.807) is 11.1 Å². The third-order valence-electron chi connectivity index (χ3n) is 13.7. The van der Waals surface area contributed by atoms with E-state index in [0.29, 0.717) is 5.92 Å². The van der Waals surface area contributed by atoms with Crippen LogP contribution >= 0.6 is 0 Å². The minimum absolute atomic E-state index is 0.118. The molecular weight excluding hydrogens is 579 g/mol. The highest BCUT2D eigenvalue weighted by Gasteiger charge is 2.62. The van der Waals surface area contributed by atoms with Crippen LogP contribution in [0.1, 0.15) is 81.0 Å². The summed E-state index contributed by atoms with van der Waals surface area (Å²) in [7, 11) is 0. The predicted octanol–water partition coefficient (Wildman–Crippen LogP) is 9.51. The van der Waals surface area contributed by atoms with Crippen molar-refractivity contribution in [3.63, 3.8) is 0 Å². The van der Waals surface area contributed by atoms with Gasteiger partial charge in [0.2, 0.25) is 0 Å². The van der Waals surface area contributed by atoms with Gasteiger partial charge < -0.3 is 9.80 Å². The van der Waals surface area contributed by atoms with E-state index in [9.17, 15) is 0 Å². The second-order valence-electron chi connectivity index (χ2n) is 16.2. The molecule has 0 unspecified atom stereocenters. The molecule has 3 heteroatoms. The lowest BCUT2D eigenvalue weighted by molar-refractivity contribution is -0.0419. The summed E-state index contributed by atoms with van der Waals surface area (Å²) >= 11 is 0. The molecule has 12 rings (SSSR count). The molecule has 236 valence electrons. The summed E-state index contributed by atoms with van der Waals surface area (Å²) in [6, 6.07) is 40.9. The molecule has 0 amide bonds. The average molecular weight is 623 g/mol. The van der Waals surface area contributed by atoms with Crippen molar-refractivity contribution in [1.82, 2.24) is 0 Å². The molecule has 4 saturated carbocycles. The van der Waals surface area contributed by atoms with Crippen molar-refractivity contribution >= 4 is 57.2 Å². The number of nitrogens with zero attached hydrogens (tertiary/aromatic N) is 2. The molecule has 48 heavy (non-hydrogen) atoms. The summed E-state index contributed by atoms with van der Waals surface area (Å²) in [6.45, 7) is 7.11. The van der Waals surface area contributed by atoms with Crippen molar-refractivity contribution < 1.29 is 0 Å². The van der Waals surface area contributed by atoms with Crippen molar-refractivity contribution in [3.05, 3.63) is 125 Å². The number of aryl methyl sites for hydroxylation is 1. The van der Waals surface area contributed by atoms with Gasteiger partial charge in [-0.05, 0) is 143 Å². The van der Waals surface area contributed by atoms with Gasteiger partial charge >= 0.3 is 0 Å². The van der Waals surface area contributed by atoms with Crippen molar-refractivity contribution in [2.24, 2.45) is 23.7 Å². The topological polar surface area (TPSA) is 6.48 Å². The largest absolute Gasteiger partial charge is 0.311 e. The van der Waals surface area contributed by atoms with Gasteiger partial charge in [-0.1, -0.05) is 87.5 Å². The SMILES string of the molecule is CCc1cccc(N2c3cc(C(C)C)ccc3B3c4cccc5c4N(c4ccccc4C54C5CC6CC(C5)CC4C6)c4cccc2c43)c1. The van der Waals surface area contributed by atoms with Crippen molar-refractivity contribution in [2.75, 3.05) is 9.80 Å². The maximum atomic E-state index is 2.71. The number of rotatable bonds is 3. The van der Waals surface area contributed by atoms with Crippen LogP contribution in [0.15, 0.2) is 103 Å². The number of hydrogen-bond donors (Lipinski definition) is 0. The lowest BCUT2D eigenvalue weighted by Crippen LogP contribution is -2.64. The van der Waals surface area contributed by atoms with Crippen molar-refractivity contribution in [2.45, 2.75) is 70.6 Å². The zero-order valence-electron chi connectivity index (χ0n) is 28.4. The van der Waals surface area contributed by atoms with Gasteiger partial charge in [-0.3, -0.25) is 0 Å². The minimum Gasteiger partial charge on any atom is -0.311 e. The summed E-state index contributed by atoms with van der Waals surface area (Å²) in [5.41, 5.74) is 18.7. The first-order chi connectivity index (χ1) is 23.6. The zero-order valence-corrected chi connectivity index (χ0v) is 28.4. The zero-order chi connectivity index (χ0) is 31.9. The molecular formula is C45H43BN2. The van der Waals surface area contributed by atoms with Gasteiger partial charge in [0.15, 0.2) is 0 Å². The Morgan fingerprint density at radius 2 is 1.33 bits per heavy atom. The Morgan fingerprint density at radius 1 is 0.646 bits per heavy atom. The third-order valence-corrected chi connectivity index (χ3v) is 13.7. The fourth-order valence-electron chi connectivity index (χ4n) is 12.1. The van der Waals surface area contributed by atoms with E-state index in [-0.39, 0.29) is 12.1 Å². The van der Waals surface area contributed by atoms with Crippen molar-refractivity contribution in [3.8, 4) is 0 Å². The van der Waals surface area contributed by atoms with Gasteiger partial charge in [-0.2, -0.15) is 0 Å². The van der Waals surface area contributed by atoms with Gasteiger partial charge in [-0.25, -0.2) is 0 Å². The number of para-hydroxylation sites is 2. The van der Waals surface area contributed by atoms with Gasteiger partial charge in [-0.15, -0.1) is 0 Å². The first-order valence-corrected chi connectivity index (χ1v) is 18.7. The molecule has 1 spiro atoms. The second-order valence-corrected chi connectivity index (χ2v) is 16.2. The molecule has 2 nitrogen and oxygen atoms in total. The second kappa shape index (κ2) is 9.68.